The lowest BCUT2D eigenvalue weighted by Crippen LogP contribution is -2.07. The van der Waals surface area contributed by atoms with Gasteiger partial charge >= 0.3 is 0 Å². The highest BCUT2D eigenvalue weighted by Gasteiger charge is 1.96. The molecule has 15 heavy (non-hydrogen) atoms. The summed E-state index contributed by atoms with van der Waals surface area (Å²) in [5, 5.41) is 0. The van der Waals surface area contributed by atoms with Gasteiger partial charge in [-0.05, 0) is 19.1 Å². The number of nitrogens with two attached hydrogens (primary N) is 1. The van der Waals surface area contributed by atoms with Crippen molar-refractivity contribution >= 4 is 0 Å². The van der Waals surface area contributed by atoms with Crippen LogP contribution in [0.5, 0.6) is 0 Å². The summed E-state index contributed by atoms with van der Waals surface area (Å²) in [6.45, 7) is 14.8. The second kappa shape index (κ2) is 12.8. The summed E-state index contributed by atoms with van der Waals surface area (Å²) in [5.41, 5.74) is 6.06. The lowest BCUT2D eigenvalue weighted by Gasteiger charge is -2.08. The minimum Gasteiger partial charge on any atom is -0.489 e. The fourth-order valence-electron chi connectivity index (χ4n) is 0.716. The van der Waals surface area contributed by atoms with Gasteiger partial charge in [0.2, 0.25) is 0 Å². The average molecular weight is 213 g/mol. The van der Waals surface area contributed by atoms with Crippen LogP contribution < -0.4 is 5.73 Å². The van der Waals surface area contributed by atoms with Gasteiger partial charge in [0.15, 0.2) is 0 Å². The first-order valence-electron chi connectivity index (χ1n) is 5.21. The fraction of sp³-hybridized carbons (Fsp3) is 0.500. The lowest BCUT2D eigenvalue weighted by molar-refractivity contribution is 0.0859. The molecule has 0 bridgehead atoms. The molecule has 0 saturated heterocycles. The first kappa shape index (κ1) is 16.2. The number of hydrogen-bond acceptors (Lipinski definition) is 3. The van der Waals surface area contributed by atoms with Crippen LogP contribution in [0.25, 0.3) is 0 Å². The molecular formula is C12H23NO2. The Balaban J connectivity index is 0. The van der Waals surface area contributed by atoms with Gasteiger partial charge in [0.25, 0.3) is 0 Å². The molecule has 2 N–H and O–H groups in total. The third kappa shape index (κ3) is 9.09. The number of allylic oxidation sites excluding steroid dienone is 2. The minimum atomic E-state index is 0.476. The summed E-state index contributed by atoms with van der Waals surface area (Å²) in [6, 6.07) is 0. The molecule has 0 unspecified atom stereocenters. The number of rotatable bonds is 7. The van der Waals surface area contributed by atoms with Crippen molar-refractivity contribution in [2.24, 2.45) is 5.73 Å². The molecule has 3 nitrogen and oxygen atoms in total. The third-order valence-corrected chi connectivity index (χ3v) is 1.38. The normalized spacial score (nSPS) is 10.6. The van der Waals surface area contributed by atoms with Crippen LogP contribution in [0.3, 0.4) is 0 Å². The molecule has 0 aliphatic heterocycles. The van der Waals surface area contributed by atoms with E-state index in [-0.39, 0.29) is 0 Å². The van der Waals surface area contributed by atoms with Crippen molar-refractivity contribution in [3.05, 3.63) is 36.8 Å². The number of hydrogen-bond donors (Lipinski definition) is 1. The fourth-order valence-corrected chi connectivity index (χ4v) is 0.716. The summed E-state index contributed by atoms with van der Waals surface area (Å²) in [6.07, 6.45) is 3.08. The smallest absolute Gasteiger partial charge is 0.141 e. The van der Waals surface area contributed by atoms with Gasteiger partial charge in [-0.3, -0.25) is 0 Å². The molecule has 0 saturated carbocycles. The van der Waals surface area contributed by atoms with E-state index in [2.05, 4.69) is 13.2 Å². The van der Waals surface area contributed by atoms with Crippen LogP contribution in [0.15, 0.2) is 36.8 Å². The van der Waals surface area contributed by atoms with Gasteiger partial charge < -0.3 is 15.2 Å². The molecule has 0 aliphatic carbocycles. The quantitative estimate of drug-likeness (QED) is 0.401. The van der Waals surface area contributed by atoms with Crippen LogP contribution in [-0.4, -0.2) is 19.8 Å². The second-order valence-electron chi connectivity index (χ2n) is 2.27. The molecule has 0 rings (SSSR count). The molecule has 0 radical (unpaired) electrons. The van der Waals surface area contributed by atoms with E-state index in [4.69, 9.17) is 15.2 Å². The predicted octanol–water partition coefficient (Wildman–Crippen LogP) is 2.61. The maximum atomic E-state index is 5.57. The van der Waals surface area contributed by atoms with E-state index in [9.17, 15) is 0 Å². The van der Waals surface area contributed by atoms with E-state index < -0.39 is 0 Å². The zero-order valence-corrected chi connectivity index (χ0v) is 10.1. The molecule has 0 aromatic carbocycles. The lowest BCUT2D eigenvalue weighted by atomic mass is 10.3. The van der Waals surface area contributed by atoms with Crippen molar-refractivity contribution in [2.75, 3.05) is 19.8 Å². The molecule has 0 aromatic heterocycles. The van der Waals surface area contributed by atoms with E-state index in [1.165, 1.54) is 6.08 Å². The zero-order valence-electron chi connectivity index (χ0n) is 10.1. The van der Waals surface area contributed by atoms with Crippen LogP contribution in [0, 0.1) is 0 Å². The van der Waals surface area contributed by atoms with Gasteiger partial charge in [0.05, 0.1) is 12.3 Å². The highest BCUT2D eigenvalue weighted by molar-refractivity contribution is 5.23. The molecule has 0 fully saturated rings. The van der Waals surface area contributed by atoms with Crippen LogP contribution >= 0.6 is 0 Å². The summed E-state index contributed by atoms with van der Waals surface area (Å²) in [7, 11) is 0. The maximum absolute atomic E-state index is 5.57. The van der Waals surface area contributed by atoms with Gasteiger partial charge in [0.1, 0.15) is 12.4 Å². The van der Waals surface area contributed by atoms with Gasteiger partial charge in [-0.2, -0.15) is 0 Å². The Morgan fingerprint density at radius 3 is 2.20 bits per heavy atom. The second-order valence-corrected chi connectivity index (χ2v) is 2.27. The summed E-state index contributed by atoms with van der Waals surface area (Å²) in [4.78, 5) is 0. The Hall–Kier alpha value is -1.22. The Kier molecular flexibility index (Phi) is 13.8. The van der Waals surface area contributed by atoms with Gasteiger partial charge in [-0.1, -0.05) is 27.0 Å². The Bertz CT molecular complexity index is 198. The molecule has 88 valence electrons. The van der Waals surface area contributed by atoms with Crippen molar-refractivity contribution in [3.8, 4) is 0 Å². The topological polar surface area (TPSA) is 44.5 Å². The molecule has 0 atom stereocenters. The molecule has 0 amide bonds. The van der Waals surface area contributed by atoms with E-state index in [0.717, 1.165) is 0 Å². The van der Waals surface area contributed by atoms with Crippen molar-refractivity contribution in [1.29, 1.82) is 0 Å². The van der Waals surface area contributed by atoms with Crippen molar-refractivity contribution in [1.82, 2.24) is 0 Å². The van der Waals surface area contributed by atoms with Crippen molar-refractivity contribution in [3.63, 3.8) is 0 Å². The summed E-state index contributed by atoms with van der Waals surface area (Å²) in [5.74, 6) is 0.551. The van der Waals surface area contributed by atoms with Crippen LogP contribution in [0.2, 0.25) is 0 Å². The average Bonchev–Trinajstić information content (AvgIpc) is 2.31. The highest BCUT2D eigenvalue weighted by Crippen LogP contribution is 2.03. The Morgan fingerprint density at radius 1 is 1.20 bits per heavy atom. The van der Waals surface area contributed by atoms with Crippen LogP contribution in [0.4, 0.5) is 0 Å². The molecule has 0 aliphatic rings. The first-order valence-corrected chi connectivity index (χ1v) is 5.21. The van der Waals surface area contributed by atoms with Gasteiger partial charge in [-0.15, -0.1) is 0 Å². The van der Waals surface area contributed by atoms with E-state index in [1.807, 2.05) is 20.8 Å². The number of ether oxygens (including phenoxy) is 2. The predicted molar refractivity (Wildman–Crippen MR) is 65.4 cm³/mol. The standard InChI is InChI=1S/C10H17NO2.C2H6/c1-4-9(11)10(5-2)13-8-7-12-6-3;1-2/h4-5H,1-2,6-8,11H2,3H3;1-2H3/b10-9-;. The molecular weight excluding hydrogens is 190 g/mol. The third-order valence-electron chi connectivity index (χ3n) is 1.38. The maximum Gasteiger partial charge on any atom is 0.141 e. The largest absolute Gasteiger partial charge is 0.489 e. The van der Waals surface area contributed by atoms with Crippen molar-refractivity contribution in [2.45, 2.75) is 20.8 Å². The van der Waals surface area contributed by atoms with Crippen LogP contribution in [0.1, 0.15) is 20.8 Å². The van der Waals surface area contributed by atoms with E-state index in [0.29, 0.717) is 31.3 Å². The van der Waals surface area contributed by atoms with Gasteiger partial charge in [-0.25, -0.2) is 0 Å². The molecule has 3 heteroatoms. The summed E-state index contributed by atoms with van der Waals surface area (Å²) >= 11 is 0. The minimum absolute atomic E-state index is 0.476. The zero-order chi connectivity index (χ0) is 12.1. The SMILES string of the molecule is C=C/C(N)=C(\C=C)OCCOCC.CC. The van der Waals surface area contributed by atoms with E-state index >= 15 is 0 Å². The highest BCUT2D eigenvalue weighted by atomic mass is 16.5. The first-order chi connectivity index (χ1) is 7.26. The Morgan fingerprint density at radius 2 is 1.80 bits per heavy atom. The monoisotopic (exact) mass is 213 g/mol. The summed E-state index contributed by atoms with van der Waals surface area (Å²) < 4.78 is 10.4. The molecule has 0 aromatic rings. The Labute approximate surface area is 93.3 Å². The van der Waals surface area contributed by atoms with Crippen molar-refractivity contribution < 1.29 is 9.47 Å². The van der Waals surface area contributed by atoms with Crippen LogP contribution in [-0.2, 0) is 9.47 Å². The molecule has 0 heterocycles. The van der Waals surface area contributed by atoms with Gasteiger partial charge in [0, 0.05) is 6.61 Å². The van der Waals surface area contributed by atoms with E-state index in [1.54, 1.807) is 6.08 Å². The molecule has 0 spiro atoms.